The van der Waals surface area contributed by atoms with Crippen molar-refractivity contribution in [3.8, 4) is 11.5 Å². The van der Waals surface area contributed by atoms with E-state index in [2.05, 4.69) is 0 Å². The molecule has 0 atom stereocenters. The van der Waals surface area contributed by atoms with E-state index in [1.807, 2.05) is 25.1 Å². The van der Waals surface area contributed by atoms with Crippen LogP contribution < -0.4 is 9.47 Å². The van der Waals surface area contributed by atoms with Crippen LogP contribution in [0.15, 0.2) is 65.6 Å². The minimum Gasteiger partial charge on any atom is -0.490 e. The van der Waals surface area contributed by atoms with Gasteiger partial charge in [-0.2, -0.15) is 0 Å². The molecule has 1 aliphatic heterocycles. The fourth-order valence-corrected chi connectivity index (χ4v) is 4.65. The van der Waals surface area contributed by atoms with Crippen LogP contribution in [-0.2, 0) is 17.9 Å². The second-order valence-electron chi connectivity index (χ2n) is 7.49. The molecule has 9 heteroatoms. The van der Waals surface area contributed by atoms with Gasteiger partial charge in [0.25, 0.3) is 11.1 Å². The number of ether oxygens (including phenoxy) is 2. The maximum Gasteiger partial charge on any atom is 0.293 e. The summed E-state index contributed by atoms with van der Waals surface area (Å²) in [6.45, 7) is 2.28. The third-order valence-corrected chi connectivity index (χ3v) is 6.79. The van der Waals surface area contributed by atoms with Crippen LogP contribution in [0.2, 0.25) is 10.0 Å². The molecule has 1 heterocycles. The molecule has 3 aromatic carbocycles. The number of carbonyl (C=O) groups is 2. The Labute approximate surface area is 216 Å². The molecule has 0 radical (unpaired) electrons. The third-order valence-electron chi connectivity index (χ3n) is 5.16. The fourth-order valence-electron chi connectivity index (χ4n) is 3.40. The van der Waals surface area contributed by atoms with Crippen LogP contribution in [0.3, 0.4) is 0 Å². The summed E-state index contributed by atoms with van der Waals surface area (Å²) < 4.78 is 25.8. The largest absolute Gasteiger partial charge is 0.490 e. The van der Waals surface area contributed by atoms with Gasteiger partial charge in [-0.15, -0.1) is 0 Å². The van der Waals surface area contributed by atoms with Crippen molar-refractivity contribution in [2.45, 2.75) is 20.1 Å². The Morgan fingerprint density at radius 2 is 1.74 bits per heavy atom. The van der Waals surface area contributed by atoms with E-state index in [9.17, 15) is 14.0 Å². The second-order valence-corrected chi connectivity index (χ2v) is 9.29. The molecule has 0 aromatic heterocycles. The lowest BCUT2D eigenvalue weighted by Crippen LogP contribution is -2.28. The van der Waals surface area contributed by atoms with E-state index in [-0.39, 0.29) is 28.6 Å². The van der Waals surface area contributed by atoms with Crippen molar-refractivity contribution in [3.05, 3.63) is 98.1 Å². The van der Waals surface area contributed by atoms with Crippen molar-refractivity contribution in [1.82, 2.24) is 4.90 Å². The van der Waals surface area contributed by atoms with E-state index in [1.54, 1.807) is 30.3 Å². The number of halogens is 3. The van der Waals surface area contributed by atoms with Crippen molar-refractivity contribution in [2.75, 3.05) is 6.61 Å². The van der Waals surface area contributed by atoms with Crippen LogP contribution in [0, 0.1) is 5.82 Å². The Bertz CT molecular complexity index is 1290. The first-order valence-corrected chi connectivity index (χ1v) is 12.3. The van der Waals surface area contributed by atoms with E-state index >= 15 is 0 Å². The number of benzene rings is 3. The molecule has 0 spiro atoms. The van der Waals surface area contributed by atoms with Crippen LogP contribution in [-0.4, -0.2) is 22.7 Å². The first-order valence-electron chi connectivity index (χ1n) is 10.7. The van der Waals surface area contributed by atoms with Crippen molar-refractivity contribution in [3.63, 3.8) is 0 Å². The van der Waals surface area contributed by atoms with Gasteiger partial charge in [-0.1, -0.05) is 53.5 Å². The number of amides is 2. The van der Waals surface area contributed by atoms with Gasteiger partial charge in [0.1, 0.15) is 12.4 Å². The van der Waals surface area contributed by atoms with E-state index in [0.29, 0.717) is 28.7 Å². The molecular weight excluding hydrogens is 512 g/mol. The van der Waals surface area contributed by atoms with Crippen molar-refractivity contribution in [2.24, 2.45) is 0 Å². The van der Waals surface area contributed by atoms with Gasteiger partial charge in [0, 0.05) is 21.2 Å². The van der Waals surface area contributed by atoms with Gasteiger partial charge >= 0.3 is 0 Å². The Hall–Kier alpha value is -3.00. The number of hydrogen-bond acceptors (Lipinski definition) is 5. The van der Waals surface area contributed by atoms with Crippen molar-refractivity contribution in [1.29, 1.82) is 0 Å². The number of nitrogens with zero attached hydrogens (tertiary/aromatic N) is 1. The fraction of sp³-hybridized carbons (Fsp3) is 0.154. The summed E-state index contributed by atoms with van der Waals surface area (Å²) in [6.07, 6.45) is 1.59. The molecular formula is C26H20Cl2FNO4S. The Balaban J connectivity index is 1.53. The van der Waals surface area contributed by atoms with Gasteiger partial charge in [-0.05, 0) is 60.7 Å². The highest BCUT2D eigenvalue weighted by Gasteiger charge is 2.36. The molecule has 180 valence electrons. The second kappa shape index (κ2) is 11.2. The van der Waals surface area contributed by atoms with E-state index in [0.717, 1.165) is 22.2 Å². The molecule has 3 aromatic rings. The average molecular weight is 532 g/mol. The molecule has 4 rings (SSSR count). The van der Waals surface area contributed by atoms with Crippen molar-refractivity contribution < 1.29 is 23.5 Å². The van der Waals surface area contributed by atoms with E-state index in [4.69, 9.17) is 32.7 Å². The zero-order chi connectivity index (χ0) is 24.9. The number of thioether (sulfide) groups is 1. The predicted octanol–water partition coefficient (Wildman–Crippen LogP) is 7.35. The topological polar surface area (TPSA) is 55.8 Å². The van der Waals surface area contributed by atoms with Gasteiger partial charge in [-0.3, -0.25) is 14.5 Å². The average Bonchev–Trinajstić information content (AvgIpc) is 3.09. The maximum atomic E-state index is 14.2. The smallest absolute Gasteiger partial charge is 0.293 e. The molecule has 35 heavy (non-hydrogen) atoms. The van der Waals surface area contributed by atoms with Gasteiger partial charge in [0.05, 0.1) is 18.1 Å². The SMILES string of the molecule is CCOc1cc(/C=C2\SC(=O)N(Cc3c(F)cccc3Cl)C2=O)ccc1OCc1ccccc1Cl. The van der Waals surface area contributed by atoms with E-state index in [1.165, 1.54) is 18.2 Å². The monoisotopic (exact) mass is 531 g/mol. The molecule has 0 bridgehead atoms. The van der Waals surface area contributed by atoms with Gasteiger partial charge < -0.3 is 9.47 Å². The minimum atomic E-state index is -0.575. The molecule has 0 unspecified atom stereocenters. The lowest BCUT2D eigenvalue weighted by molar-refractivity contribution is -0.123. The predicted molar refractivity (Wildman–Crippen MR) is 136 cm³/mol. The third kappa shape index (κ3) is 5.81. The quantitative estimate of drug-likeness (QED) is 0.284. The molecule has 5 nitrogen and oxygen atoms in total. The summed E-state index contributed by atoms with van der Waals surface area (Å²) in [5, 5.41) is 0.265. The molecule has 1 saturated heterocycles. The standard InChI is InChI=1S/C26H20Cl2FNO4S/c1-2-33-23-12-16(10-11-22(23)34-15-17-6-3-4-7-19(17)27)13-24-25(31)30(26(32)35-24)14-18-20(28)8-5-9-21(18)29/h3-13H,2,14-15H2,1H3/b24-13-. The molecule has 0 aliphatic carbocycles. The van der Waals surface area contributed by atoms with Gasteiger partial charge in [0.15, 0.2) is 11.5 Å². The summed E-state index contributed by atoms with van der Waals surface area (Å²) in [6, 6.07) is 16.8. The van der Waals surface area contributed by atoms with Crippen molar-refractivity contribution >= 4 is 52.2 Å². The zero-order valence-corrected chi connectivity index (χ0v) is 20.9. The summed E-state index contributed by atoms with van der Waals surface area (Å²) in [7, 11) is 0. The van der Waals surface area contributed by atoms with E-state index < -0.39 is 17.0 Å². The summed E-state index contributed by atoms with van der Waals surface area (Å²) >= 11 is 13.1. The lowest BCUT2D eigenvalue weighted by Gasteiger charge is -2.14. The number of hydrogen-bond donors (Lipinski definition) is 0. The highest BCUT2D eigenvalue weighted by molar-refractivity contribution is 8.18. The van der Waals surface area contributed by atoms with Crippen LogP contribution in [0.5, 0.6) is 11.5 Å². The number of carbonyl (C=O) groups excluding carboxylic acids is 2. The molecule has 1 fully saturated rings. The van der Waals surface area contributed by atoms with Gasteiger partial charge in [-0.25, -0.2) is 4.39 Å². The van der Waals surface area contributed by atoms with Gasteiger partial charge in [0.2, 0.25) is 0 Å². The van der Waals surface area contributed by atoms with Crippen LogP contribution in [0.25, 0.3) is 6.08 Å². The molecule has 0 N–H and O–H groups in total. The molecule has 2 amide bonds. The highest BCUT2D eigenvalue weighted by atomic mass is 35.5. The molecule has 1 aliphatic rings. The Morgan fingerprint density at radius 3 is 2.49 bits per heavy atom. The maximum absolute atomic E-state index is 14.2. The Morgan fingerprint density at radius 1 is 0.971 bits per heavy atom. The summed E-state index contributed by atoms with van der Waals surface area (Å²) in [4.78, 5) is 26.6. The first kappa shape index (κ1) is 25.1. The normalized spacial score (nSPS) is 14.6. The molecule has 0 saturated carbocycles. The number of rotatable bonds is 8. The lowest BCUT2D eigenvalue weighted by atomic mass is 10.1. The first-order chi connectivity index (χ1) is 16.9. The summed E-state index contributed by atoms with van der Waals surface area (Å²) in [5.74, 6) is -0.0810. The zero-order valence-electron chi connectivity index (χ0n) is 18.6. The van der Waals surface area contributed by atoms with Crippen LogP contribution in [0.1, 0.15) is 23.6 Å². The number of imide groups is 1. The highest BCUT2D eigenvalue weighted by Crippen LogP contribution is 2.36. The van der Waals surface area contributed by atoms with Crippen LogP contribution >= 0.6 is 35.0 Å². The van der Waals surface area contributed by atoms with Crippen LogP contribution in [0.4, 0.5) is 9.18 Å². The minimum absolute atomic E-state index is 0.0939. The Kier molecular flexibility index (Phi) is 8.00. The summed E-state index contributed by atoms with van der Waals surface area (Å²) in [5.41, 5.74) is 1.58.